The lowest BCUT2D eigenvalue weighted by Gasteiger charge is -2.07. The SMILES string of the molecule is Cc1nc(C)c(-c2nnc(-c3ccccc3Br)o2)cc1C(=O)NN. The third-order valence-corrected chi connectivity index (χ3v) is 4.23. The molecule has 1 amide bonds. The molecule has 3 aromatic rings. The van der Waals surface area contributed by atoms with Crippen LogP contribution < -0.4 is 11.3 Å². The van der Waals surface area contributed by atoms with Crippen LogP contribution in [0.25, 0.3) is 22.9 Å². The summed E-state index contributed by atoms with van der Waals surface area (Å²) in [5.41, 5.74) is 5.10. The third kappa shape index (κ3) is 2.93. The van der Waals surface area contributed by atoms with Crippen LogP contribution in [-0.4, -0.2) is 21.1 Å². The van der Waals surface area contributed by atoms with Gasteiger partial charge in [0, 0.05) is 4.47 Å². The van der Waals surface area contributed by atoms with Crippen LogP contribution in [0.3, 0.4) is 0 Å². The number of hydrogen-bond donors (Lipinski definition) is 2. The first kappa shape index (κ1) is 16.3. The van der Waals surface area contributed by atoms with Crippen molar-refractivity contribution >= 4 is 21.8 Å². The van der Waals surface area contributed by atoms with Gasteiger partial charge in [0.05, 0.1) is 28.1 Å². The largest absolute Gasteiger partial charge is 0.416 e. The van der Waals surface area contributed by atoms with Gasteiger partial charge in [-0.2, -0.15) is 0 Å². The summed E-state index contributed by atoms with van der Waals surface area (Å²) >= 11 is 3.46. The minimum atomic E-state index is -0.424. The number of carbonyl (C=O) groups is 1. The van der Waals surface area contributed by atoms with E-state index in [1.165, 1.54) is 0 Å². The average molecular weight is 388 g/mol. The fourth-order valence-corrected chi connectivity index (χ4v) is 2.78. The molecule has 0 aliphatic heterocycles. The predicted molar refractivity (Wildman–Crippen MR) is 91.8 cm³/mol. The van der Waals surface area contributed by atoms with Crippen molar-refractivity contribution in [2.45, 2.75) is 13.8 Å². The molecule has 0 fully saturated rings. The molecule has 2 heterocycles. The average Bonchev–Trinajstić information content (AvgIpc) is 3.04. The maximum atomic E-state index is 11.9. The van der Waals surface area contributed by atoms with E-state index in [0.717, 1.165) is 10.0 Å². The smallest absolute Gasteiger partial charge is 0.267 e. The number of nitrogens with one attached hydrogen (secondary N) is 1. The molecule has 0 aliphatic rings. The van der Waals surface area contributed by atoms with E-state index in [0.29, 0.717) is 28.4 Å². The highest BCUT2D eigenvalue weighted by Crippen LogP contribution is 2.30. The molecule has 3 N–H and O–H groups in total. The van der Waals surface area contributed by atoms with E-state index in [9.17, 15) is 4.79 Å². The summed E-state index contributed by atoms with van der Waals surface area (Å²) in [6.07, 6.45) is 0. The van der Waals surface area contributed by atoms with Gasteiger partial charge in [0.1, 0.15) is 0 Å². The number of carbonyl (C=O) groups excluding carboxylic acids is 1. The maximum Gasteiger partial charge on any atom is 0.267 e. The van der Waals surface area contributed by atoms with Crippen LogP contribution in [-0.2, 0) is 0 Å². The Hall–Kier alpha value is -2.58. The highest BCUT2D eigenvalue weighted by molar-refractivity contribution is 9.10. The molecule has 7 nitrogen and oxygen atoms in total. The van der Waals surface area contributed by atoms with E-state index >= 15 is 0 Å². The topological polar surface area (TPSA) is 107 Å². The Morgan fingerprint density at radius 2 is 1.79 bits per heavy atom. The number of pyridine rings is 1. The second-order valence-electron chi connectivity index (χ2n) is 5.12. The Morgan fingerprint density at radius 3 is 2.46 bits per heavy atom. The standard InChI is InChI=1S/C16H14BrN5O2/c1-8-11(14(23)20-18)7-12(9(2)19-8)16-22-21-15(24-16)10-5-3-4-6-13(10)17/h3-7H,18H2,1-2H3,(H,20,23). The molecular formula is C16H14BrN5O2. The van der Waals surface area contributed by atoms with E-state index in [4.69, 9.17) is 10.3 Å². The molecule has 0 aliphatic carbocycles. The molecule has 1 aromatic carbocycles. The van der Waals surface area contributed by atoms with Crippen molar-refractivity contribution in [1.29, 1.82) is 0 Å². The number of aryl methyl sites for hydroxylation is 2. The zero-order chi connectivity index (χ0) is 17.3. The molecule has 2 aromatic heterocycles. The van der Waals surface area contributed by atoms with Crippen molar-refractivity contribution in [3.05, 3.63) is 51.8 Å². The van der Waals surface area contributed by atoms with E-state index in [-0.39, 0.29) is 5.89 Å². The molecular weight excluding hydrogens is 374 g/mol. The minimum Gasteiger partial charge on any atom is -0.416 e. The fraction of sp³-hybridized carbons (Fsp3) is 0.125. The van der Waals surface area contributed by atoms with Crippen molar-refractivity contribution in [2.75, 3.05) is 0 Å². The lowest BCUT2D eigenvalue weighted by atomic mass is 10.1. The number of hydrazine groups is 1. The quantitative estimate of drug-likeness (QED) is 0.406. The molecule has 0 unspecified atom stereocenters. The van der Waals surface area contributed by atoms with Crippen molar-refractivity contribution in [3.8, 4) is 22.9 Å². The second kappa shape index (κ2) is 6.50. The Morgan fingerprint density at radius 1 is 1.12 bits per heavy atom. The van der Waals surface area contributed by atoms with Gasteiger partial charge in [-0.05, 0) is 48.0 Å². The van der Waals surface area contributed by atoms with E-state index < -0.39 is 5.91 Å². The molecule has 0 bridgehead atoms. The fourth-order valence-electron chi connectivity index (χ4n) is 2.32. The molecule has 0 spiro atoms. The van der Waals surface area contributed by atoms with E-state index in [2.05, 4.69) is 36.5 Å². The van der Waals surface area contributed by atoms with Crippen LogP contribution in [0.1, 0.15) is 21.7 Å². The van der Waals surface area contributed by atoms with Gasteiger partial charge in [0.25, 0.3) is 5.91 Å². The normalized spacial score (nSPS) is 10.7. The van der Waals surface area contributed by atoms with Crippen LogP contribution in [0.5, 0.6) is 0 Å². The summed E-state index contributed by atoms with van der Waals surface area (Å²) in [6, 6.07) is 9.19. The summed E-state index contributed by atoms with van der Waals surface area (Å²) < 4.78 is 6.62. The van der Waals surface area contributed by atoms with Crippen LogP contribution in [0.15, 0.2) is 39.2 Å². The summed E-state index contributed by atoms with van der Waals surface area (Å²) in [6.45, 7) is 3.55. The summed E-state index contributed by atoms with van der Waals surface area (Å²) in [7, 11) is 0. The number of halogens is 1. The number of nitrogens with two attached hydrogens (primary N) is 1. The summed E-state index contributed by atoms with van der Waals surface area (Å²) in [5.74, 6) is 5.45. The molecule has 8 heteroatoms. The predicted octanol–water partition coefficient (Wildman–Crippen LogP) is 2.78. The zero-order valence-electron chi connectivity index (χ0n) is 13.0. The second-order valence-corrected chi connectivity index (χ2v) is 5.97. The van der Waals surface area contributed by atoms with Gasteiger partial charge < -0.3 is 4.42 Å². The first-order valence-corrected chi connectivity index (χ1v) is 7.88. The highest BCUT2D eigenvalue weighted by Gasteiger charge is 2.18. The van der Waals surface area contributed by atoms with Crippen molar-refractivity contribution < 1.29 is 9.21 Å². The van der Waals surface area contributed by atoms with Gasteiger partial charge in [-0.3, -0.25) is 15.2 Å². The Bertz CT molecular complexity index is 923. The molecule has 0 saturated carbocycles. The van der Waals surface area contributed by atoms with Gasteiger partial charge in [-0.25, -0.2) is 5.84 Å². The Labute approximate surface area is 146 Å². The molecule has 0 atom stereocenters. The monoisotopic (exact) mass is 387 g/mol. The molecule has 122 valence electrons. The van der Waals surface area contributed by atoms with Gasteiger partial charge in [-0.15, -0.1) is 10.2 Å². The first-order valence-electron chi connectivity index (χ1n) is 7.09. The van der Waals surface area contributed by atoms with Gasteiger partial charge in [-0.1, -0.05) is 12.1 Å². The van der Waals surface area contributed by atoms with Crippen molar-refractivity contribution in [2.24, 2.45) is 5.84 Å². The van der Waals surface area contributed by atoms with Gasteiger partial charge in [0.2, 0.25) is 11.8 Å². The Balaban J connectivity index is 2.08. The minimum absolute atomic E-state index is 0.289. The number of nitrogens with zero attached hydrogens (tertiary/aromatic N) is 3. The first-order chi connectivity index (χ1) is 11.5. The van der Waals surface area contributed by atoms with Crippen LogP contribution >= 0.6 is 15.9 Å². The van der Waals surface area contributed by atoms with Gasteiger partial charge in [0.15, 0.2) is 0 Å². The number of aromatic nitrogens is 3. The molecule has 24 heavy (non-hydrogen) atoms. The number of nitrogen functional groups attached to an aromatic ring is 1. The van der Waals surface area contributed by atoms with Crippen molar-refractivity contribution in [3.63, 3.8) is 0 Å². The molecule has 0 radical (unpaired) electrons. The molecule has 0 saturated heterocycles. The number of hydrogen-bond acceptors (Lipinski definition) is 6. The summed E-state index contributed by atoms with van der Waals surface area (Å²) in [4.78, 5) is 16.2. The van der Waals surface area contributed by atoms with E-state index in [1.807, 2.05) is 31.2 Å². The maximum absolute atomic E-state index is 11.9. The van der Waals surface area contributed by atoms with Crippen LogP contribution in [0.4, 0.5) is 0 Å². The van der Waals surface area contributed by atoms with Gasteiger partial charge >= 0.3 is 0 Å². The van der Waals surface area contributed by atoms with Crippen LogP contribution in [0.2, 0.25) is 0 Å². The number of rotatable bonds is 3. The number of amides is 1. The highest BCUT2D eigenvalue weighted by atomic mass is 79.9. The lowest BCUT2D eigenvalue weighted by Crippen LogP contribution is -2.30. The summed E-state index contributed by atoms with van der Waals surface area (Å²) in [5, 5.41) is 8.16. The lowest BCUT2D eigenvalue weighted by molar-refractivity contribution is 0.0952. The molecule has 3 rings (SSSR count). The number of benzene rings is 1. The third-order valence-electron chi connectivity index (χ3n) is 3.54. The Kier molecular flexibility index (Phi) is 4.41. The van der Waals surface area contributed by atoms with Crippen molar-refractivity contribution in [1.82, 2.24) is 20.6 Å². The van der Waals surface area contributed by atoms with E-state index in [1.54, 1.807) is 13.0 Å². The zero-order valence-corrected chi connectivity index (χ0v) is 14.6. The van der Waals surface area contributed by atoms with Crippen LogP contribution in [0, 0.1) is 13.8 Å².